The maximum absolute atomic E-state index is 11.1. The Balaban J connectivity index is 2.03. The van der Waals surface area contributed by atoms with Crippen molar-refractivity contribution in [2.75, 3.05) is 20.8 Å². The van der Waals surface area contributed by atoms with Gasteiger partial charge in [-0.3, -0.25) is 4.57 Å². The van der Waals surface area contributed by atoms with Crippen LogP contribution in [0.3, 0.4) is 0 Å². The summed E-state index contributed by atoms with van der Waals surface area (Å²) in [4.78, 5) is 29.0. The van der Waals surface area contributed by atoms with Crippen LogP contribution in [0.2, 0.25) is 0 Å². The van der Waals surface area contributed by atoms with Crippen molar-refractivity contribution in [3.8, 4) is 40.5 Å². The fraction of sp³-hybridized carbons (Fsp3) is 0.190. The highest BCUT2D eigenvalue weighted by Gasteiger charge is 2.24. The van der Waals surface area contributed by atoms with E-state index in [4.69, 9.17) is 24.7 Å². The summed E-state index contributed by atoms with van der Waals surface area (Å²) in [5.41, 5.74) is 6.72. The predicted octanol–water partition coefficient (Wildman–Crippen LogP) is 2.75. The Labute approximate surface area is 182 Å². The van der Waals surface area contributed by atoms with E-state index in [-0.39, 0.29) is 11.5 Å². The molecule has 4 aromatic rings. The maximum atomic E-state index is 11.1. The van der Waals surface area contributed by atoms with E-state index >= 15 is 0 Å². The molecule has 0 aliphatic heterocycles. The van der Waals surface area contributed by atoms with Crippen LogP contribution in [0.4, 0.5) is 4.79 Å². The first-order valence-electron chi connectivity index (χ1n) is 9.60. The molecule has 0 saturated heterocycles. The number of nitrogens with zero attached hydrogens (tertiary/aromatic N) is 5. The topological polar surface area (TPSA) is 136 Å². The van der Waals surface area contributed by atoms with Crippen LogP contribution in [0.5, 0.6) is 23.3 Å². The molecule has 3 heterocycles. The van der Waals surface area contributed by atoms with Gasteiger partial charge >= 0.3 is 6.09 Å². The summed E-state index contributed by atoms with van der Waals surface area (Å²) in [5, 5.41) is 0. The van der Waals surface area contributed by atoms with Crippen molar-refractivity contribution in [3.05, 3.63) is 42.6 Å². The smallest absolute Gasteiger partial charge is 0.411 e. The van der Waals surface area contributed by atoms with Crippen molar-refractivity contribution < 1.29 is 23.7 Å². The van der Waals surface area contributed by atoms with Crippen molar-refractivity contribution >= 4 is 17.4 Å². The minimum atomic E-state index is -1.00. The molecule has 0 spiro atoms. The van der Waals surface area contributed by atoms with E-state index in [0.717, 1.165) is 0 Å². The average Bonchev–Trinajstić information content (AvgIpc) is 3.16. The van der Waals surface area contributed by atoms with E-state index in [1.165, 1.54) is 6.20 Å². The molecule has 0 aliphatic rings. The Bertz CT molecular complexity index is 1270. The van der Waals surface area contributed by atoms with E-state index in [1.54, 1.807) is 55.2 Å². The number of carbonyl (C=O) groups is 1. The molecule has 1 aromatic carbocycles. The fourth-order valence-corrected chi connectivity index (χ4v) is 3.20. The third-order valence-corrected chi connectivity index (χ3v) is 4.42. The molecule has 0 radical (unpaired) electrons. The molecular weight excluding hydrogens is 416 g/mol. The minimum Gasteiger partial charge on any atom is -0.494 e. The lowest BCUT2D eigenvalue weighted by Crippen LogP contribution is -2.17. The summed E-state index contributed by atoms with van der Waals surface area (Å²) in [6.45, 7) is 2.33. The number of pyridine rings is 1. The number of amides is 1. The number of ether oxygens (including phenoxy) is 4. The van der Waals surface area contributed by atoms with Gasteiger partial charge in [0.15, 0.2) is 11.5 Å². The Morgan fingerprint density at radius 2 is 1.72 bits per heavy atom. The molecule has 11 nitrogen and oxygen atoms in total. The van der Waals surface area contributed by atoms with Gasteiger partial charge in [0.1, 0.15) is 22.9 Å². The van der Waals surface area contributed by atoms with E-state index in [2.05, 4.69) is 19.9 Å². The van der Waals surface area contributed by atoms with E-state index in [0.29, 0.717) is 46.8 Å². The maximum Gasteiger partial charge on any atom is 0.411 e. The number of rotatable bonds is 7. The summed E-state index contributed by atoms with van der Waals surface area (Å²) in [5.74, 6) is 1.80. The summed E-state index contributed by atoms with van der Waals surface area (Å²) in [7, 11) is 3.10. The second-order valence-corrected chi connectivity index (χ2v) is 6.35. The van der Waals surface area contributed by atoms with E-state index in [1.807, 2.05) is 6.92 Å². The molecule has 164 valence electrons. The van der Waals surface area contributed by atoms with Crippen LogP contribution in [-0.2, 0) is 0 Å². The standard InChI is InChI=1S/C21H20N6O5/c1-4-31-15-10-5-7-12(24-15)19-26-18-20(23-11-16(25-18)32-21(22)28)27(19)17-13(29-2)8-6-9-14(17)30-3/h5-11H,4H2,1-3H3,(H2,22,28). The molecular formula is C21H20N6O5. The average molecular weight is 436 g/mol. The number of hydrogen-bond acceptors (Lipinski definition) is 9. The van der Waals surface area contributed by atoms with Gasteiger partial charge in [-0.15, -0.1) is 0 Å². The highest BCUT2D eigenvalue weighted by Crippen LogP contribution is 2.37. The molecule has 11 heteroatoms. The van der Waals surface area contributed by atoms with Gasteiger partial charge in [-0.25, -0.2) is 19.7 Å². The number of benzene rings is 1. The number of primary amides is 1. The number of imidazole rings is 1. The number of fused-ring (bicyclic) bond motifs is 1. The third-order valence-electron chi connectivity index (χ3n) is 4.42. The number of methoxy groups -OCH3 is 2. The predicted molar refractivity (Wildman–Crippen MR) is 114 cm³/mol. The van der Waals surface area contributed by atoms with Gasteiger partial charge in [0.05, 0.1) is 27.0 Å². The first-order chi connectivity index (χ1) is 15.5. The zero-order chi connectivity index (χ0) is 22.7. The Morgan fingerprint density at radius 3 is 2.38 bits per heavy atom. The Morgan fingerprint density at radius 1 is 1.00 bits per heavy atom. The zero-order valence-corrected chi connectivity index (χ0v) is 17.6. The number of aromatic nitrogens is 5. The summed E-state index contributed by atoms with van der Waals surface area (Å²) in [6, 6.07) is 10.7. The van der Waals surface area contributed by atoms with Gasteiger partial charge in [0.2, 0.25) is 17.4 Å². The molecule has 4 rings (SSSR count). The number of carbonyl (C=O) groups excluding carboxylic acids is 1. The first-order valence-corrected chi connectivity index (χ1v) is 9.60. The summed E-state index contributed by atoms with van der Waals surface area (Å²) < 4.78 is 23.3. The van der Waals surface area contributed by atoms with Crippen LogP contribution in [0.15, 0.2) is 42.6 Å². The van der Waals surface area contributed by atoms with Crippen LogP contribution in [0.1, 0.15) is 6.92 Å². The largest absolute Gasteiger partial charge is 0.494 e. The molecule has 0 fully saturated rings. The van der Waals surface area contributed by atoms with Gasteiger partial charge in [-0.1, -0.05) is 12.1 Å². The lowest BCUT2D eigenvalue weighted by atomic mass is 10.2. The monoisotopic (exact) mass is 436 g/mol. The van der Waals surface area contributed by atoms with Crippen molar-refractivity contribution in [3.63, 3.8) is 0 Å². The highest BCUT2D eigenvalue weighted by atomic mass is 16.6. The SMILES string of the molecule is CCOc1cccc(-c2nc3nc(OC(N)=O)cnc3n2-c2c(OC)cccc2OC)n1. The summed E-state index contributed by atoms with van der Waals surface area (Å²) >= 11 is 0. The number of hydrogen-bond donors (Lipinski definition) is 1. The lowest BCUT2D eigenvalue weighted by Gasteiger charge is -2.16. The number of nitrogens with two attached hydrogens (primary N) is 1. The van der Waals surface area contributed by atoms with Crippen molar-refractivity contribution in [2.45, 2.75) is 6.92 Å². The van der Waals surface area contributed by atoms with Gasteiger partial charge < -0.3 is 24.7 Å². The van der Waals surface area contributed by atoms with Gasteiger partial charge in [-0.05, 0) is 25.1 Å². The first kappa shape index (κ1) is 20.8. The lowest BCUT2D eigenvalue weighted by molar-refractivity contribution is 0.209. The third kappa shape index (κ3) is 3.83. The van der Waals surface area contributed by atoms with Gasteiger partial charge in [0, 0.05) is 6.07 Å². The van der Waals surface area contributed by atoms with Crippen LogP contribution < -0.4 is 24.7 Å². The van der Waals surface area contributed by atoms with Crippen LogP contribution in [0, 0.1) is 0 Å². The molecule has 0 bridgehead atoms. The van der Waals surface area contributed by atoms with E-state index in [9.17, 15) is 4.79 Å². The second-order valence-electron chi connectivity index (χ2n) is 6.35. The fourth-order valence-electron chi connectivity index (χ4n) is 3.20. The van der Waals surface area contributed by atoms with Crippen molar-refractivity contribution in [1.82, 2.24) is 24.5 Å². The van der Waals surface area contributed by atoms with Crippen LogP contribution in [0.25, 0.3) is 28.5 Å². The molecule has 0 aliphatic carbocycles. The quantitative estimate of drug-likeness (QED) is 0.463. The molecule has 0 atom stereocenters. The zero-order valence-electron chi connectivity index (χ0n) is 17.6. The molecule has 3 aromatic heterocycles. The molecule has 1 amide bonds. The Kier molecular flexibility index (Phi) is 5.71. The highest BCUT2D eigenvalue weighted by molar-refractivity contribution is 5.79. The Hall–Kier alpha value is -4.41. The van der Waals surface area contributed by atoms with Crippen molar-refractivity contribution in [2.24, 2.45) is 5.73 Å². The molecule has 0 unspecified atom stereocenters. The molecule has 32 heavy (non-hydrogen) atoms. The molecule has 0 saturated carbocycles. The van der Waals surface area contributed by atoms with Gasteiger partial charge in [0.25, 0.3) is 0 Å². The second kappa shape index (κ2) is 8.76. The van der Waals surface area contributed by atoms with Crippen molar-refractivity contribution in [1.29, 1.82) is 0 Å². The van der Waals surface area contributed by atoms with E-state index < -0.39 is 6.09 Å². The number of para-hydroxylation sites is 1. The molecule has 2 N–H and O–H groups in total. The van der Waals surface area contributed by atoms with Crippen LogP contribution >= 0.6 is 0 Å². The van der Waals surface area contributed by atoms with Crippen LogP contribution in [-0.4, -0.2) is 51.4 Å². The summed E-state index contributed by atoms with van der Waals surface area (Å²) in [6.07, 6.45) is 0.275. The minimum absolute atomic E-state index is 0.0794. The van der Waals surface area contributed by atoms with Gasteiger partial charge in [-0.2, -0.15) is 4.98 Å². The normalized spacial score (nSPS) is 10.7.